The van der Waals surface area contributed by atoms with Crippen LogP contribution in [0.25, 0.3) is 6.08 Å². The second-order valence-electron chi connectivity index (χ2n) is 4.00. The van der Waals surface area contributed by atoms with Crippen molar-refractivity contribution in [3.63, 3.8) is 0 Å². The zero-order chi connectivity index (χ0) is 12.1. The summed E-state index contributed by atoms with van der Waals surface area (Å²) in [5.74, 6) is 0. The highest BCUT2D eigenvalue weighted by Crippen LogP contribution is 2.14. The van der Waals surface area contributed by atoms with Crippen molar-refractivity contribution >= 4 is 6.08 Å². The Labute approximate surface area is 101 Å². The Hall–Kier alpha value is -1.93. The Morgan fingerprint density at radius 3 is 2.59 bits per heavy atom. The van der Waals surface area contributed by atoms with Gasteiger partial charge >= 0.3 is 0 Å². The lowest BCUT2D eigenvalue weighted by atomic mass is 10.1. The van der Waals surface area contributed by atoms with Crippen LogP contribution in [0.4, 0.5) is 0 Å². The highest BCUT2D eigenvalue weighted by Gasteiger charge is 2.01. The molecule has 1 aromatic carbocycles. The van der Waals surface area contributed by atoms with Gasteiger partial charge in [-0.15, -0.1) is 0 Å². The predicted molar refractivity (Wildman–Crippen MR) is 69.4 cm³/mol. The first-order valence-electron chi connectivity index (χ1n) is 5.58. The molecule has 0 aliphatic rings. The van der Waals surface area contributed by atoms with Gasteiger partial charge in [-0.2, -0.15) is 0 Å². The summed E-state index contributed by atoms with van der Waals surface area (Å²) in [4.78, 5) is 3.98. The maximum absolute atomic E-state index is 9.91. The molecule has 0 saturated heterocycles. The van der Waals surface area contributed by atoms with E-state index in [2.05, 4.69) is 24.0 Å². The zero-order valence-electron chi connectivity index (χ0n) is 9.75. The van der Waals surface area contributed by atoms with Gasteiger partial charge in [-0.25, -0.2) is 0 Å². The van der Waals surface area contributed by atoms with E-state index in [-0.39, 0.29) is 0 Å². The van der Waals surface area contributed by atoms with E-state index >= 15 is 0 Å². The number of aromatic nitrogens is 1. The molecule has 2 aromatic rings. The fraction of sp³-hybridized carbons (Fsp3) is 0.133. The largest absolute Gasteiger partial charge is 0.384 e. The van der Waals surface area contributed by atoms with Crippen LogP contribution in [0, 0.1) is 6.92 Å². The van der Waals surface area contributed by atoms with E-state index in [9.17, 15) is 5.11 Å². The van der Waals surface area contributed by atoms with Gasteiger partial charge in [0.25, 0.3) is 0 Å². The summed E-state index contributed by atoms with van der Waals surface area (Å²) in [6, 6.07) is 11.8. The van der Waals surface area contributed by atoms with Gasteiger partial charge < -0.3 is 5.11 Å². The SMILES string of the molecule is Cc1ccc(/C=C/C(O)c2cccnc2)cc1. The van der Waals surface area contributed by atoms with E-state index < -0.39 is 6.10 Å². The molecule has 0 fully saturated rings. The molecule has 0 aliphatic carbocycles. The average molecular weight is 225 g/mol. The Bertz CT molecular complexity index is 488. The van der Waals surface area contributed by atoms with Crippen molar-refractivity contribution in [1.82, 2.24) is 4.98 Å². The molecule has 0 spiro atoms. The van der Waals surface area contributed by atoms with Crippen molar-refractivity contribution in [3.05, 3.63) is 71.6 Å². The van der Waals surface area contributed by atoms with Gasteiger partial charge in [-0.1, -0.05) is 48.0 Å². The second kappa shape index (κ2) is 5.41. The smallest absolute Gasteiger partial charge is 0.0989 e. The van der Waals surface area contributed by atoms with Gasteiger partial charge in [0.15, 0.2) is 0 Å². The monoisotopic (exact) mass is 225 g/mol. The van der Waals surface area contributed by atoms with Crippen LogP contribution in [0.5, 0.6) is 0 Å². The lowest BCUT2D eigenvalue weighted by molar-refractivity contribution is 0.229. The predicted octanol–water partition coefficient (Wildman–Crippen LogP) is 3.14. The second-order valence-corrected chi connectivity index (χ2v) is 4.00. The Morgan fingerprint density at radius 1 is 1.18 bits per heavy atom. The Morgan fingerprint density at radius 2 is 1.94 bits per heavy atom. The summed E-state index contributed by atoms with van der Waals surface area (Å²) in [6.45, 7) is 2.05. The van der Waals surface area contributed by atoms with Crippen molar-refractivity contribution in [2.75, 3.05) is 0 Å². The molecule has 1 aromatic heterocycles. The van der Waals surface area contributed by atoms with Gasteiger partial charge in [0.05, 0.1) is 6.10 Å². The number of nitrogens with zero attached hydrogens (tertiary/aromatic N) is 1. The average Bonchev–Trinajstić information content (AvgIpc) is 2.39. The minimum atomic E-state index is -0.606. The number of rotatable bonds is 3. The third kappa shape index (κ3) is 3.26. The summed E-state index contributed by atoms with van der Waals surface area (Å²) >= 11 is 0. The molecule has 0 amide bonds. The first kappa shape index (κ1) is 11.6. The van der Waals surface area contributed by atoms with E-state index in [4.69, 9.17) is 0 Å². The highest BCUT2D eigenvalue weighted by atomic mass is 16.3. The van der Waals surface area contributed by atoms with E-state index in [1.54, 1.807) is 18.5 Å². The number of aryl methyl sites for hydroxylation is 1. The molecule has 0 radical (unpaired) electrons. The molecular formula is C15H15NO. The summed E-state index contributed by atoms with van der Waals surface area (Å²) < 4.78 is 0. The molecule has 2 heteroatoms. The van der Waals surface area contributed by atoms with Crippen LogP contribution in [0.15, 0.2) is 54.9 Å². The molecule has 0 saturated carbocycles. The molecule has 1 unspecified atom stereocenters. The van der Waals surface area contributed by atoms with Gasteiger partial charge in [-0.05, 0) is 18.6 Å². The standard InChI is InChI=1S/C15H15NO/c1-12-4-6-13(7-5-12)8-9-15(17)14-3-2-10-16-11-14/h2-11,15,17H,1H3/b9-8+. The molecule has 86 valence electrons. The van der Waals surface area contributed by atoms with Crippen LogP contribution in [-0.2, 0) is 0 Å². The minimum absolute atomic E-state index is 0.606. The number of aliphatic hydroxyl groups excluding tert-OH is 1. The number of pyridine rings is 1. The fourth-order valence-corrected chi connectivity index (χ4v) is 1.54. The van der Waals surface area contributed by atoms with Gasteiger partial charge in [0.1, 0.15) is 0 Å². The third-order valence-corrected chi connectivity index (χ3v) is 2.57. The molecule has 2 nitrogen and oxygen atoms in total. The van der Waals surface area contributed by atoms with Gasteiger partial charge in [-0.3, -0.25) is 4.98 Å². The van der Waals surface area contributed by atoms with E-state index in [0.29, 0.717) is 0 Å². The van der Waals surface area contributed by atoms with Crippen LogP contribution in [0.2, 0.25) is 0 Å². The van der Waals surface area contributed by atoms with Gasteiger partial charge in [0, 0.05) is 18.0 Å². The summed E-state index contributed by atoms with van der Waals surface area (Å²) in [5, 5.41) is 9.91. The number of benzene rings is 1. The topological polar surface area (TPSA) is 33.1 Å². The molecule has 1 N–H and O–H groups in total. The number of hydrogen-bond donors (Lipinski definition) is 1. The van der Waals surface area contributed by atoms with E-state index in [0.717, 1.165) is 11.1 Å². The van der Waals surface area contributed by atoms with Crippen molar-refractivity contribution in [2.24, 2.45) is 0 Å². The van der Waals surface area contributed by atoms with Crippen LogP contribution >= 0.6 is 0 Å². The summed E-state index contributed by atoms with van der Waals surface area (Å²) in [7, 11) is 0. The summed E-state index contributed by atoms with van der Waals surface area (Å²) in [5.41, 5.74) is 3.12. The maximum Gasteiger partial charge on any atom is 0.0989 e. The van der Waals surface area contributed by atoms with Crippen LogP contribution in [0.1, 0.15) is 22.8 Å². The first-order valence-corrected chi connectivity index (χ1v) is 5.58. The lowest BCUT2D eigenvalue weighted by Crippen LogP contribution is -1.92. The highest BCUT2D eigenvalue weighted by molar-refractivity contribution is 5.50. The van der Waals surface area contributed by atoms with Crippen molar-refractivity contribution in [2.45, 2.75) is 13.0 Å². The van der Waals surface area contributed by atoms with Crippen molar-refractivity contribution in [3.8, 4) is 0 Å². The molecule has 1 atom stereocenters. The molecular weight excluding hydrogens is 210 g/mol. The number of aliphatic hydroxyl groups is 1. The van der Waals surface area contributed by atoms with E-state index in [1.165, 1.54) is 5.56 Å². The molecule has 17 heavy (non-hydrogen) atoms. The maximum atomic E-state index is 9.91. The van der Waals surface area contributed by atoms with Crippen LogP contribution < -0.4 is 0 Å². The Kier molecular flexibility index (Phi) is 3.68. The van der Waals surface area contributed by atoms with E-state index in [1.807, 2.05) is 30.3 Å². The first-order chi connectivity index (χ1) is 8.25. The minimum Gasteiger partial charge on any atom is -0.384 e. The van der Waals surface area contributed by atoms with Crippen LogP contribution in [-0.4, -0.2) is 10.1 Å². The molecule has 2 rings (SSSR count). The quantitative estimate of drug-likeness (QED) is 0.870. The normalized spacial score (nSPS) is 12.8. The van der Waals surface area contributed by atoms with Crippen LogP contribution in [0.3, 0.4) is 0 Å². The third-order valence-electron chi connectivity index (χ3n) is 2.57. The van der Waals surface area contributed by atoms with Crippen molar-refractivity contribution < 1.29 is 5.11 Å². The Balaban J connectivity index is 2.08. The molecule has 0 aliphatic heterocycles. The lowest BCUT2D eigenvalue weighted by Gasteiger charge is -2.04. The fourth-order valence-electron chi connectivity index (χ4n) is 1.54. The van der Waals surface area contributed by atoms with Crippen molar-refractivity contribution in [1.29, 1.82) is 0 Å². The number of hydrogen-bond acceptors (Lipinski definition) is 2. The van der Waals surface area contributed by atoms with Gasteiger partial charge in [0.2, 0.25) is 0 Å². The zero-order valence-corrected chi connectivity index (χ0v) is 9.75. The molecule has 1 heterocycles. The molecule has 0 bridgehead atoms. The summed E-state index contributed by atoms with van der Waals surface area (Å²) in [6.07, 6.45) is 6.44.